The summed E-state index contributed by atoms with van der Waals surface area (Å²) in [5.41, 5.74) is 1.73. The van der Waals surface area contributed by atoms with Crippen LogP contribution in [0.2, 0.25) is 0 Å². The van der Waals surface area contributed by atoms with E-state index in [4.69, 9.17) is 4.98 Å². The van der Waals surface area contributed by atoms with Crippen molar-refractivity contribution in [2.45, 2.75) is 38.3 Å². The topological polar surface area (TPSA) is 90.0 Å². The Bertz CT molecular complexity index is 919. The first-order valence-electron chi connectivity index (χ1n) is 9.62. The lowest BCUT2D eigenvalue weighted by molar-refractivity contribution is -0.00674. The molecule has 4 heterocycles. The minimum absolute atomic E-state index is 0.0314. The number of nitrogens with zero attached hydrogens (tertiary/aromatic N) is 4. The van der Waals surface area contributed by atoms with Crippen molar-refractivity contribution in [1.82, 2.24) is 25.5 Å². The van der Waals surface area contributed by atoms with Gasteiger partial charge < -0.3 is 15.3 Å². The molecule has 3 N–H and O–H groups in total. The van der Waals surface area contributed by atoms with Gasteiger partial charge in [0.05, 0.1) is 23.0 Å². The van der Waals surface area contributed by atoms with Crippen molar-refractivity contribution in [3.8, 4) is 11.4 Å². The number of hydrogen-bond donors (Lipinski definition) is 3. The second kappa shape index (κ2) is 7.25. The van der Waals surface area contributed by atoms with E-state index in [-0.39, 0.29) is 6.04 Å². The maximum Gasteiger partial charge on any atom is 0.181 e. The number of aliphatic hydroxyl groups is 1. The van der Waals surface area contributed by atoms with Crippen LogP contribution in [0.4, 0.5) is 5.82 Å². The molecule has 3 aromatic heterocycles. The molecule has 1 saturated heterocycles. The summed E-state index contributed by atoms with van der Waals surface area (Å²) < 4.78 is 0. The summed E-state index contributed by atoms with van der Waals surface area (Å²) in [5.74, 6) is 0.917. The van der Waals surface area contributed by atoms with E-state index in [1.54, 1.807) is 6.20 Å². The first kappa shape index (κ1) is 17.9. The Morgan fingerprint density at radius 1 is 1.22 bits per heavy atom. The Balaban J connectivity index is 1.63. The van der Waals surface area contributed by atoms with E-state index < -0.39 is 5.60 Å². The highest BCUT2D eigenvalue weighted by molar-refractivity contribution is 5.89. The number of hydrogen-bond acceptors (Lipinski definition) is 6. The van der Waals surface area contributed by atoms with Gasteiger partial charge in [-0.1, -0.05) is 19.9 Å². The van der Waals surface area contributed by atoms with Crippen molar-refractivity contribution in [3.05, 3.63) is 36.5 Å². The highest BCUT2D eigenvalue weighted by Crippen LogP contribution is 2.27. The van der Waals surface area contributed by atoms with Gasteiger partial charge in [-0.2, -0.15) is 5.10 Å². The molecule has 0 amide bonds. The summed E-state index contributed by atoms with van der Waals surface area (Å²) in [6, 6.07) is 9.96. The quantitative estimate of drug-likeness (QED) is 0.642. The standard InChI is InChI=1S/C20H26N6O/c1-3-20(27,4-2)16-13-26(12-11-21-16)17-9-5-8-15(23-17)18-14-7-6-10-22-19(14)25-24-18/h5-10,16,21,27H,3-4,11-13H2,1-2H3,(H,22,24,25). The highest BCUT2D eigenvalue weighted by atomic mass is 16.3. The van der Waals surface area contributed by atoms with E-state index in [1.807, 2.05) is 44.2 Å². The van der Waals surface area contributed by atoms with Gasteiger partial charge in [0.25, 0.3) is 0 Å². The van der Waals surface area contributed by atoms with Crippen molar-refractivity contribution in [1.29, 1.82) is 0 Å². The molecular weight excluding hydrogens is 340 g/mol. The average Bonchev–Trinajstić information content (AvgIpc) is 3.17. The Kier molecular flexibility index (Phi) is 4.80. The lowest BCUT2D eigenvalue weighted by atomic mass is 9.87. The number of H-pyrrole nitrogens is 1. The molecule has 0 spiro atoms. The second-order valence-electron chi connectivity index (χ2n) is 7.12. The zero-order chi connectivity index (χ0) is 18.9. The molecule has 142 valence electrons. The molecule has 1 aliphatic heterocycles. The molecule has 0 aromatic carbocycles. The van der Waals surface area contributed by atoms with Gasteiger partial charge in [-0.05, 0) is 37.1 Å². The van der Waals surface area contributed by atoms with Gasteiger partial charge in [0, 0.05) is 31.2 Å². The van der Waals surface area contributed by atoms with Crippen LogP contribution in [0.25, 0.3) is 22.4 Å². The van der Waals surface area contributed by atoms with Crippen molar-refractivity contribution >= 4 is 16.9 Å². The second-order valence-corrected chi connectivity index (χ2v) is 7.12. The van der Waals surface area contributed by atoms with Gasteiger partial charge in [0.15, 0.2) is 5.65 Å². The number of rotatable bonds is 5. The molecule has 3 aromatic rings. The van der Waals surface area contributed by atoms with Crippen LogP contribution in [-0.4, -0.2) is 56.5 Å². The van der Waals surface area contributed by atoms with E-state index in [9.17, 15) is 5.11 Å². The van der Waals surface area contributed by atoms with Crippen LogP contribution in [-0.2, 0) is 0 Å². The van der Waals surface area contributed by atoms with E-state index in [2.05, 4.69) is 25.4 Å². The van der Waals surface area contributed by atoms with Crippen molar-refractivity contribution < 1.29 is 5.11 Å². The molecule has 1 unspecified atom stereocenters. The van der Waals surface area contributed by atoms with Gasteiger partial charge >= 0.3 is 0 Å². The highest BCUT2D eigenvalue weighted by Gasteiger charge is 2.36. The Morgan fingerprint density at radius 2 is 2.07 bits per heavy atom. The van der Waals surface area contributed by atoms with E-state index in [0.717, 1.165) is 55.1 Å². The van der Waals surface area contributed by atoms with Crippen LogP contribution < -0.4 is 10.2 Å². The molecule has 0 aliphatic carbocycles. The number of fused-ring (bicyclic) bond motifs is 1. The van der Waals surface area contributed by atoms with Crippen LogP contribution >= 0.6 is 0 Å². The minimum Gasteiger partial charge on any atom is -0.388 e. The third-order valence-electron chi connectivity index (χ3n) is 5.69. The fraction of sp³-hybridized carbons (Fsp3) is 0.450. The van der Waals surface area contributed by atoms with Crippen LogP contribution in [0.1, 0.15) is 26.7 Å². The summed E-state index contributed by atoms with van der Waals surface area (Å²) in [6.07, 6.45) is 3.20. The van der Waals surface area contributed by atoms with Crippen LogP contribution in [0.5, 0.6) is 0 Å². The number of aromatic amines is 1. The molecule has 0 radical (unpaired) electrons. The van der Waals surface area contributed by atoms with Gasteiger partial charge in [-0.3, -0.25) is 5.10 Å². The molecule has 4 rings (SSSR count). The van der Waals surface area contributed by atoms with Crippen molar-refractivity contribution in [3.63, 3.8) is 0 Å². The molecular formula is C20H26N6O. The van der Waals surface area contributed by atoms with Crippen LogP contribution in [0.15, 0.2) is 36.5 Å². The number of anilines is 1. The van der Waals surface area contributed by atoms with Gasteiger partial charge in [0.2, 0.25) is 0 Å². The van der Waals surface area contributed by atoms with Crippen molar-refractivity contribution in [2.24, 2.45) is 0 Å². The molecule has 0 bridgehead atoms. The third kappa shape index (κ3) is 3.28. The Morgan fingerprint density at radius 3 is 2.89 bits per heavy atom. The number of piperazine rings is 1. The van der Waals surface area contributed by atoms with Crippen LogP contribution in [0, 0.1) is 0 Å². The largest absolute Gasteiger partial charge is 0.388 e. The minimum atomic E-state index is -0.693. The fourth-order valence-corrected chi connectivity index (χ4v) is 3.84. The molecule has 0 saturated carbocycles. The molecule has 1 fully saturated rings. The monoisotopic (exact) mass is 366 g/mol. The normalized spacial score (nSPS) is 18.2. The fourth-order valence-electron chi connectivity index (χ4n) is 3.84. The number of pyridine rings is 2. The predicted octanol–water partition coefficient (Wildman–Crippen LogP) is 2.35. The summed E-state index contributed by atoms with van der Waals surface area (Å²) in [7, 11) is 0. The van der Waals surface area contributed by atoms with Gasteiger partial charge in [-0.25, -0.2) is 9.97 Å². The molecule has 7 nitrogen and oxygen atoms in total. The zero-order valence-corrected chi connectivity index (χ0v) is 15.8. The Labute approximate surface area is 158 Å². The van der Waals surface area contributed by atoms with Gasteiger partial charge in [0.1, 0.15) is 5.82 Å². The van der Waals surface area contributed by atoms with E-state index in [0.29, 0.717) is 5.65 Å². The molecule has 27 heavy (non-hydrogen) atoms. The lowest BCUT2D eigenvalue weighted by Crippen LogP contribution is -2.61. The summed E-state index contributed by atoms with van der Waals surface area (Å²) in [4.78, 5) is 11.4. The summed E-state index contributed by atoms with van der Waals surface area (Å²) in [6.45, 7) is 6.51. The predicted molar refractivity (Wildman–Crippen MR) is 107 cm³/mol. The maximum absolute atomic E-state index is 10.9. The molecule has 7 heteroatoms. The zero-order valence-electron chi connectivity index (χ0n) is 15.8. The lowest BCUT2D eigenvalue weighted by Gasteiger charge is -2.42. The summed E-state index contributed by atoms with van der Waals surface area (Å²) in [5, 5.41) is 22.7. The first-order chi connectivity index (χ1) is 13.1. The first-order valence-corrected chi connectivity index (χ1v) is 9.62. The van der Waals surface area contributed by atoms with Gasteiger partial charge in [-0.15, -0.1) is 0 Å². The number of aromatic nitrogens is 4. The average molecular weight is 366 g/mol. The molecule has 1 aliphatic rings. The number of nitrogens with one attached hydrogen (secondary N) is 2. The smallest absolute Gasteiger partial charge is 0.181 e. The maximum atomic E-state index is 10.9. The third-order valence-corrected chi connectivity index (χ3v) is 5.69. The van der Waals surface area contributed by atoms with Crippen LogP contribution in [0.3, 0.4) is 0 Å². The van der Waals surface area contributed by atoms with E-state index in [1.165, 1.54) is 0 Å². The Hall–Kier alpha value is -2.51. The van der Waals surface area contributed by atoms with E-state index >= 15 is 0 Å². The summed E-state index contributed by atoms with van der Waals surface area (Å²) >= 11 is 0. The SMILES string of the molecule is CCC(O)(CC)C1CN(c2cccc(-c3[nH]nc4ncccc34)n2)CCN1. The molecule has 1 atom stereocenters. The van der Waals surface area contributed by atoms with Crippen molar-refractivity contribution in [2.75, 3.05) is 24.5 Å².